The largest absolute Gasteiger partial charge is 0.508 e. The van der Waals surface area contributed by atoms with Crippen molar-refractivity contribution in [3.8, 4) is 5.75 Å². The molecular weight excluding hydrogens is 241 g/mol. The number of amides is 1. The first-order chi connectivity index (χ1) is 8.45. The van der Waals surface area contributed by atoms with Crippen LogP contribution in [0.15, 0.2) is 18.2 Å². The number of ether oxygens (including phenoxy) is 1. The summed E-state index contributed by atoms with van der Waals surface area (Å²) < 4.78 is 18.1. The lowest BCUT2D eigenvalue weighted by Gasteiger charge is -2.16. The molecule has 0 aliphatic heterocycles. The Morgan fingerprint density at radius 1 is 1.44 bits per heavy atom. The minimum Gasteiger partial charge on any atom is -0.508 e. The standard InChI is InChI=1S/C12H14FNO4/c1-3-18-11(16)7-14(2)12(17)9-5-4-8(15)6-10(9)13/h4-6,15H,3,7H2,1-2H3. The molecule has 1 aromatic carbocycles. The first kappa shape index (κ1) is 14.0. The lowest BCUT2D eigenvalue weighted by atomic mass is 10.2. The van der Waals surface area contributed by atoms with Crippen molar-refractivity contribution in [2.75, 3.05) is 20.2 Å². The molecule has 1 aromatic rings. The van der Waals surface area contributed by atoms with E-state index in [2.05, 4.69) is 4.74 Å². The molecule has 98 valence electrons. The van der Waals surface area contributed by atoms with E-state index in [0.29, 0.717) is 0 Å². The maximum atomic E-state index is 13.4. The zero-order valence-electron chi connectivity index (χ0n) is 10.1. The van der Waals surface area contributed by atoms with Crippen LogP contribution in [0.1, 0.15) is 17.3 Å². The Labute approximate surface area is 104 Å². The van der Waals surface area contributed by atoms with Crippen molar-refractivity contribution in [1.29, 1.82) is 0 Å². The fraction of sp³-hybridized carbons (Fsp3) is 0.333. The van der Waals surface area contributed by atoms with Gasteiger partial charge in [0.2, 0.25) is 0 Å². The number of nitrogens with zero attached hydrogens (tertiary/aromatic N) is 1. The van der Waals surface area contributed by atoms with Gasteiger partial charge in [0.15, 0.2) is 0 Å². The number of phenolic OH excluding ortho intramolecular Hbond substituents is 1. The molecule has 0 aliphatic rings. The highest BCUT2D eigenvalue weighted by molar-refractivity contribution is 5.96. The molecule has 0 saturated carbocycles. The molecule has 0 saturated heterocycles. The monoisotopic (exact) mass is 255 g/mol. The first-order valence-electron chi connectivity index (χ1n) is 5.35. The number of carbonyl (C=O) groups is 2. The number of hydrogen-bond donors (Lipinski definition) is 1. The zero-order valence-corrected chi connectivity index (χ0v) is 10.1. The minimum atomic E-state index is -0.837. The molecule has 0 radical (unpaired) electrons. The van der Waals surface area contributed by atoms with Crippen molar-refractivity contribution in [2.45, 2.75) is 6.92 Å². The highest BCUT2D eigenvalue weighted by Crippen LogP contribution is 2.16. The average molecular weight is 255 g/mol. The quantitative estimate of drug-likeness (QED) is 0.820. The maximum absolute atomic E-state index is 13.4. The summed E-state index contributed by atoms with van der Waals surface area (Å²) in [6.45, 7) is 1.61. The molecule has 0 aliphatic carbocycles. The number of phenols is 1. The van der Waals surface area contributed by atoms with E-state index in [1.165, 1.54) is 13.1 Å². The number of aromatic hydroxyl groups is 1. The maximum Gasteiger partial charge on any atom is 0.325 e. The molecule has 6 heteroatoms. The molecule has 0 heterocycles. The molecule has 0 fully saturated rings. The first-order valence-corrected chi connectivity index (χ1v) is 5.35. The Hall–Kier alpha value is -2.11. The third kappa shape index (κ3) is 3.44. The van der Waals surface area contributed by atoms with Crippen molar-refractivity contribution in [1.82, 2.24) is 4.90 Å². The van der Waals surface area contributed by atoms with E-state index in [1.54, 1.807) is 6.92 Å². The average Bonchev–Trinajstić information content (AvgIpc) is 2.28. The summed E-state index contributed by atoms with van der Waals surface area (Å²) >= 11 is 0. The van der Waals surface area contributed by atoms with Gasteiger partial charge < -0.3 is 14.7 Å². The van der Waals surface area contributed by atoms with Crippen LogP contribution in [-0.2, 0) is 9.53 Å². The van der Waals surface area contributed by atoms with Crippen molar-refractivity contribution in [3.05, 3.63) is 29.6 Å². The normalized spacial score (nSPS) is 9.94. The smallest absolute Gasteiger partial charge is 0.325 e. The number of esters is 1. The van der Waals surface area contributed by atoms with Gasteiger partial charge in [-0.3, -0.25) is 9.59 Å². The Morgan fingerprint density at radius 2 is 2.11 bits per heavy atom. The van der Waals surface area contributed by atoms with Crippen molar-refractivity contribution < 1.29 is 23.8 Å². The third-order valence-electron chi connectivity index (χ3n) is 2.20. The van der Waals surface area contributed by atoms with E-state index < -0.39 is 17.7 Å². The molecule has 18 heavy (non-hydrogen) atoms. The van der Waals surface area contributed by atoms with Gasteiger partial charge in [0.25, 0.3) is 5.91 Å². The number of likely N-dealkylation sites (N-methyl/N-ethyl adjacent to an activating group) is 1. The summed E-state index contributed by atoms with van der Waals surface area (Å²) in [6, 6.07) is 3.20. The second-order valence-electron chi connectivity index (χ2n) is 3.63. The molecule has 0 spiro atoms. The lowest BCUT2D eigenvalue weighted by molar-refractivity contribution is -0.143. The molecule has 1 N–H and O–H groups in total. The summed E-state index contributed by atoms with van der Waals surface area (Å²) in [7, 11) is 1.37. The summed E-state index contributed by atoms with van der Waals surface area (Å²) in [5, 5.41) is 9.03. The fourth-order valence-electron chi connectivity index (χ4n) is 1.36. The van der Waals surface area contributed by atoms with Crippen molar-refractivity contribution in [2.24, 2.45) is 0 Å². The molecule has 0 aromatic heterocycles. The van der Waals surface area contributed by atoms with Gasteiger partial charge in [-0.25, -0.2) is 4.39 Å². The lowest BCUT2D eigenvalue weighted by Crippen LogP contribution is -2.33. The molecule has 0 bridgehead atoms. The molecule has 0 unspecified atom stereocenters. The summed E-state index contributed by atoms with van der Waals surface area (Å²) in [4.78, 5) is 24.0. The highest BCUT2D eigenvalue weighted by Gasteiger charge is 2.19. The SMILES string of the molecule is CCOC(=O)CN(C)C(=O)c1ccc(O)cc1F. The van der Waals surface area contributed by atoms with Crippen LogP contribution in [0, 0.1) is 5.82 Å². The number of rotatable bonds is 4. The fourth-order valence-corrected chi connectivity index (χ4v) is 1.36. The van der Waals surface area contributed by atoms with Crippen LogP contribution in [0.25, 0.3) is 0 Å². The number of benzene rings is 1. The second-order valence-corrected chi connectivity index (χ2v) is 3.63. The van der Waals surface area contributed by atoms with E-state index in [1.807, 2.05) is 0 Å². The van der Waals surface area contributed by atoms with Crippen LogP contribution >= 0.6 is 0 Å². The van der Waals surface area contributed by atoms with Gasteiger partial charge in [0.05, 0.1) is 12.2 Å². The van der Waals surface area contributed by atoms with Crippen LogP contribution in [0.5, 0.6) is 5.75 Å². The van der Waals surface area contributed by atoms with Crippen LogP contribution in [0.3, 0.4) is 0 Å². The molecule has 1 amide bonds. The van der Waals surface area contributed by atoms with Gasteiger partial charge in [-0.1, -0.05) is 0 Å². The third-order valence-corrected chi connectivity index (χ3v) is 2.20. The zero-order chi connectivity index (χ0) is 13.7. The Morgan fingerprint density at radius 3 is 2.67 bits per heavy atom. The number of carbonyl (C=O) groups excluding carboxylic acids is 2. The van der Waals surface area contributed by atoms with Gasteiger partial charge in [0, 0.05) is 13.1 Å². The highest BCUT2D eigenvalue weighted by atomic mass is 19.1. The van der Waals surface area contributed by atoms with Crippen LogP contribution in [0.2, 0.25) is 0 Å². The summed E-state index contributed by atoms with van der Waals surface area (Å²) in [5.41, 5.74) is -0.209. The summed E-state index contributed by atoms with van der Waals surface area (Å²) in [6.07, 6.45) is 0. The van der Waals surface area contributed by atoms with Gasteiger partial charge in [-0.15, -0.1) is 0 Å². The van der Waals surface area contributed by atoms with E-state index in [9.17, 15) is 14.0 Å². The van der Waals surface area contributed by atoms with E-state index in [0.717, 1.165) is 17.0 Å². The molecule has 5 nitrogen and oxygen atoms in total. The topological polar surface area (TPSA) is 66.8 Å². The molecule has 1 rings (SSSR count). The minimum absolute atomic E-state index is 0.209. The van der Waals surface area contributed by atoms with Gasteiger partial charge in [0.1, 0.15) is 18.1 Å². The van der Waals surface area contributed by atoms with Crippen molar-refractivity contribution >= 4 is 11.9 Å². The van der Waals surface area contributed by atoms with Gasteiger partial charge >= 0.3 is 5.97 Å². The number of hydrogen-bond acceptors (Lipinski definition) is 4. The second kappa shape index (κ2) is 6.00. The number of halogens is 1. The van der Waals surface area contributed by atoms with Crippen molar-refractivity contribution in [3.63, 3.8) is 0 Å². The van der Waals surface area contributed by atoms with Crippen LogP contribution in [-0.4, -0.2) is 42.1 Å². The van der Waals surface area contributed by atoms with E-state index in [-0.39, 0.29) is 24.5 Å². The molecule has 0 atom stereocenters. The Bertz CT molecular complexity index is 461. The Balaban J connectivity index is 2.77. The van der Waals surface area contributed by atoms with E-state index >= 15 is 0 Å². The predicted molar refractivity (Wildman–Crippen MR) is 61.7 cm³/mol. The predicted octanol–water partition coefficient (Wildman–Crippen LogP) is 1.17. The summed E-state index contributed by atoms with van der Waals surface area (Å²) in [5.74, 6) is -2.32. The molecular formula is C12H14FNO4. The van der Waals surface area contributed by atoms with E-state index in [4.69, 9.17) is 5.11 Å². The van der Waals surface area contributed by atoms with Crippen LogP contribution < -0.4 is 0 Å². The van der Waals surface area contributed by atoms with Gasteiger partial charge in [-0.05, 0) is 19.1 Å². The van der Waals surface area contributed by atoms with Gasteiger partial charge in [-0.2, -0.15) is 0 Å². The van der Waals surface area contributed by atoms with Crippen LogP contribution in [0.4, 0.5) is 4.39 Å². The Kier molecular flexibility index (Phi) is 4.65.